The SMILES string of the molecule is CCC[C@H]1CC[C@H]([C@H]2CC[C@H](c3cnc(F)c(F)c3)CC2)CC1. The molecule has 0 bridgehead atoms. The Labute approximate surface area is 138 Å². The lowest BCUT2D eigenvalue weighted by atomic mass is 9.68. The predicted octanol–water partition coefficient (Wildman–Crippen LogP) is 6.24. The van der Waals surface area contributed by atoms with E-state index in [0.717, 1.165) is 36.2 Å². The van der Waals surface area contributed by atoms with E-state index >= 15 is 0 Å². The summed E-state index contributed by atoms with van der Waals surface area (Å²) in [5.41, 5.74) is 0.883. The molecule has 3 rings (SSSR count). The fourth-order valence-corrected chi connectivity index (χ4v) is 4.94. The number of hydrogen-bond acceptors (Lipinski definition) is 1. The summed E-state index contributed by atoms with van der Waals surface area (Å²) in [7, 11) is 0. The first kappa shape index (κ1) is 16.9. The third-order valence-electron chi connectivity index (χ3n) is 6.32. The number of nitrogens with zero attached hydrogens (tertiary/aromatic N) is 1. The monoisotopic (exact) mass is 321 g/mol. The van der Waals surface area contributed by atoms with Crippen LogP contribution in [0.5, 0.6) is 0 Å². The van der Waals surface area contributed by atoms with E-state index in [2.05, 4.69) is 11.9 Å². The zero-order chi connectivity index (χ0) is 16.2. The molecule has 1 aromatic rings. The van der Waals surface area contributed by atoms with Gasteiger partial charge in [0.25, 0.3) is 0 Å². The highest BCUT2D eigenvalue weighted by molar-refractivity contribution is 5.17. The summed E-state index contributed by atoms with van der Waals surface area (Å²) in [6.07, 6.45) is 14.6. The molecular formula is C20H29F2N. The second-order valence-electron chi connectivity index (χ2n) is 7.72. The van der Waals surface area contributed by atoms with Gasteiger partial charge in [0, 0.05) is 6.20 Å². The molecule has 1 nitrogen and oxygen atoms in total. The van der Waals surface area contributed by atoms with E-state index in [-0.39, 0.29) is 0 Å². The van der Waals surface area contributed by atoms with Crippen LogP contribution < -0.4 is 0 Å². The Morgan fingerprint density at radius 3 is 2.13 bits per heavy atom. The molecule has 2 aliphatic carbocycles. The Bertz CT molecular complexity index is 500. The van der Waals surface area contributed by atoms with Crippen LogP contribution >= 0.6 is 0 Å². The zero-order valence-corrected chi connectivity index (χ0v) is 14.2. The van der Waals surface area contributed by atoms with Crippen molar-refractivity contribution < 1.29 is 8.78 Å². The second kappa shape index (κ2) is 7.72. The molecule has 0 atom stereocenters. The Morgan fingerprint density at radius 1 is 0.957 bits per heavy atom. The quantitative estimate of drug-likeness (QED) is 0.598. The van der Waals surface area contributed by atoms with E-state index in [1.807, 2.05) is 0 Å². The summed E-state index contributed by atoms with van der Waals surface area (Å²) < 4.78 is 26.3. The summed E-state index contributed by atoms with van der Waals surface area (Å²) in [6, 6.07) is 1.35. The van der Waals surface area contributed by atoms with Crippen molar-refractivity contribution >= 4 is 0 Å². The lowest BCUT2D eigenvalue weighted by molar-refractivity contribution is 0.156. The molecule has 2 saturated carbocycles. The molecule has 0 aliphatic heterocycles. The molecule has 1 heterocycles. The van der Waals surface area contributed by atoms with Crippen LogP contribution in [-0.4, -0.2) is 4.98 Å². The van der Waals surface area contributed by atoms with Crippen LogP contribution in [0.3, 0.4) is 0 Å². The van der Waals surface area contributed by atoms with Gasteiger partial charge in [-0.05, 0) is 73.8 Å². The minimum absolute atomic E-state index is 0.366. The van der Waals surface area contributed by atoms with Crippen LogP contribution in [0.2, 0.25) is 0 Å². The fourth-order valence-electron chi connectivity index (χ4n) is 4.94. The van der Waals surface area contributed by atoms with E-state index < -0.39 is 11.8 Å². The van der Waals surface area contributed by atoms with Gasteiger partial charge < -0.3 is 0 Å². The minimum Gasteiger partial charge on any atom is -0.225 e. The first-order valence-corrected chi connectivity index (χ1v) is 9.48. The van der Waals surface area contributed by atoms with Crippen LogP contribution in [0.4, 0.5) is 8.78 Å². The Morgan fingerprint density at radius 2 is 1.57 bits per heavy atom. The van der Waals surface area contributed by atoms with Gasteiger partial charge >= 0.3 is 0 Å². The van der Waals surface area contributed by atoms with Crippen LogP contribution in [0.15, 0.2) is 12.3 Å². The molecule has 23 heavy (non-hydrogen) atoms. The molecular weight excluding hydrogens is 292 g/mol. The third-order valence-corrected chi connectivity index (χ3v) is 6.32. The van der Waals surface area contributed by atoms with Crippen molar-refractivity contribution in [1.82, 2.24) is 4.98 Å². The highest BCUT2D eigenvalue weighted by Gasteiger charge is 2.31. The lowest BCUT2D eigenvalue weighted by Crippen LogP contribution is -2.25. The smallest absolute Gasteiger partial charge is 0.225 e. The normalized spacial score (nSPS) is 32.0. The molecule has 0 N–H and O–H groups in total. The van der Waals surface area contributed by atoms with E-state index in [0.29, 0.717) is 5.92 Å². The molecule has 3 heteroatoms. The van der Waals surface area contributed by atoms with Crippen molar-refractivity contribution in [2.45, 2.75) is 77.0 Å². The number of aromatic nitrogens is 1. The highest BCUT2D eigenvalue weighted by atomic mass is 19.2. The van der Waals surface area contributed by atoms with Crippen LogP contribution in [-0.2, 0) is 0 Å². The molecule has 0 radical (unpaired) electrons. The first-order chi connectivity index (χ1) is 11.2. The molecule has 0 aromatic carbocycles. The van der Waals surface area contributed by atoms with Crippen molar-refractivity contribution in [3.63, 3.8) is 0 Å². The average Bonchev–Trinajstić information content (AvgIpc) is 2.59. The van der Waals surface area contributed by atoms with Gasteiger partial charge in [0.2, 0.25) is 5.95 Å². The van der Waals surface area contributed by atoms with Crippen molar-refractivity contribution in [2.24, 2.45) is 17.8 Å². The van der Waals surface area contributed by atoms with Gasteiger partial charge in [0.1, 0.15) is 0 Å². The van der Waals surface area contributed by atoms with Gasteiger partial charge in [-0.1, -0.05) is 32.6 Å². The van der Waals surface area contributed by atoms with E-state index in [4.69, 9.17) is 0 Å². The van der Waals surface area contributed by atoms with E-state index in [9.17, 15) is 8.78 Å². The van der Waals surface area contributed by atoms with E-state index in [1.54, 1.807) is 0 Å². The van der Waals surface area contributed by atoms with Crippen molar-refractivity contribution in [2.75, 3.05) is 0 Å². The van der Waals surface area contributed by atoms with E-state index in [1.165, 1.54) is 63.6 Å². The third kappa shape index (κ3) is 4.10. The Balaban J connectivity index is 1.50. The maximum Gasteiger partial charge on any atom is 0.248 e. The van der Waals surface area contributed by atoms with Crippen LogP contribution in [0.1, 0.15) is 82.6 Å². The van der Waals surface area contributed by atoms with Gasteiger partial charge in [0.05, 0.1) is 0 Å². The summed E-state index contributed by atoms with van der Waals surface area (Å²) in [4.78, 5) is 3.55. The van der Waals surface area contributed by atoms with Crippen molar-refractivity contribution in [3.8, 4) is 0 Å². The molecule has 128 valence electrons. The molecule has 0 unspecified atom stereocenters. The number of hydrogen-bond donors (Lipinski definition) is 0. The van der Waals surface area contributed by atoms with Gasteiger partial charge in [-0.2, -0.15) is 4.39 Å². The first-order valence-electron chi connectivity index (χ1n) is 9.48. The average molecular weight is 321 g/mol. The maximum absolute atomic E-state index is 13.4. The second-order valence-corrected chi connectivity index (χ2v) is 7.72. The maximum atomic E-state index is 13.4. The van der Waals surface area contributed by atoms with Gasteiger partial charge in [-0.15, -0.1) is 0 Å². The summed E-state index contributed by atoms with van der Waals surface area (Å²) in [5.74, 6) is 1.32. The van der Waals surface area contributed by atoms with Crippen LogP contribution in [0, 0.1) is 29.5 Å². The van der Waals surface area contributed by atoms with Crippen molar-refractivity contribution in [3.05, 3.63) is 29.6 Å². The molecule has 2 aliphatic rings. The summed E-state index contributed by atoms with van der Waals surface area (Å²) in [6.45, 7) is 2.29. The standard InChI is InChI=1S/C20H29F2N/c1-2-3-14-4-6-15(7-5-14)16-8-10-17(11-9-16)18-12-19(21)20(22)23-13-18/h12-17H,2-11H2,1H3/t14-,15-,16-,17-. The molecule has 0 saturated heterocycles. The zero-order valence-electron chi connectivity index (χ0n) is 14.2. The fraction of sp³-hybridized carbons (Fsp3) is 0.750. The lowest BCUT2D eigenvalue weighted by Gasteiger charge is -2.38. The molecule has 0 amide bonds. The Hall–Kier alpha value is -0.990. The predicted molar refractivity (Wildman–Crippen MR) is 89.2 cm³/mol. The molecule has 2 fully saturated rings. The topological polar surface area (TPSA) is 12.9 Å². The van der Waals surface area contributed by atoms with Crippen molar-refractivity contribution in [1.29, 1.82) is 0 Å². The number of pyridine rings is 1. The van der Waals surface area contributed by atoms with Crippen LogP contribution in [0.25, 0.3) is 0 Å². The summed E-state index contributed by atoms with van der Waals surface area (Å²) in [5, 5.41) is 0. The molecule has 1 aromatic heterocycles. The number of rotatable bonds is 4. The van der Waals surface area contributed by atoms with Gasteiger partial charge in [0.15, 0.2) is 5.82 Å². The van der Waals surface area contributed by atoms with Gasteiger partial charge in [-0.3, -0.25) is 0 Å². The Kier molecular flexibility index (Phi) is 5.66. The number of halogens is 2. The summed E-state index contributed by atoms with van der Waals surface area (Å²) >= 11 is 0. The molecule has 0 spiro atoms. The largest absolute Gasteiger partial charge is 0.248 e. The minimum atomic E-state index is -0.980. The highest BCUT2D eigenvalue weighted by Crippen LogP contribution is 2.44. The van der Waals surface area contributed by atoms with Gasteiger partial charge in [-0.25, -0.2) is 9.37 Å².